The number of carboxylic acids is 1. The zero-order chi connectivity index (χ0) is 80.4. The average molecular weight is 1660 g/mol. The van der Waals surface area contributed by atoms with Crippen LogP contribution >= 0.6 is 35.7 Å². The number of imidazole rings is 2. The van der Waals surface area contributed by atoms with Crippen LogP contribution < -0.4 is 36.7 Å². The quantitative estimate of drug-likeness (QED) is 0.00407. The number of benzene rings is 9. The largest absolute Gasteiger partial charge is 0.497 e. The zero-order valence-electron chi connectivity index (χ0n) is 62.5. The molecule has 113 heavy (non-hydrogen) atoms. The smallest absolute Gasteiger partial charge is 0.305 e. The lowest BCUT2D eigenvalue weighted by Crippen LogP contribution is -2.05. The number of aldehydes is 1. The molecule has 9 aromatic carbocycles. The normalized spacial score (nSPS) is 10.1. The fourth-order valence-corrected chi connectivity index (χ4v) is 10.7. The number of aliphatic carboxylic acids is 1. The first-order valence-corrected chi connectivity index (χ1v) is 34.6. The standard InChI is InChI=1S/C18H19N3O3.C18H21N3O2.C18H22N2O3.C10H10FNO4.C7H5BrFNO2.C7H4FNO3.B.2H3P/c1-24-14-6-2-13(3-7-14)11-21-16-8-4-12(5-9-17(22)23)10-15(16)20-18(21)19;1-23-15-7-4-14(5-8-15)12-21-17-9-6-13(3-2-10-22)11-16(17)20-18(21)19;1-22-15-7-3-14(4-8-15)12-20-17-9-5-13(11-16(17)19)6-10-18(21)23-2;1-16-10(13)5-3-7-2-4-8(11)9(6-7)12(14)15;8-4-5-1-2-6(9)7(3-5)10(11)12;8-6-2-1-5(4-10)3-7(6)9(11)12;;;/h2-4,6-8,10H,5,9,11H2,1H3,(H2,19,20)(H,22,23);4-9,11,22H,2-3,10,12H2,1H3,(H2,19,20);3-5,7-9,11,20H,6,10,12,19H2,1-2H3;2,4,6H,3,5H2,1H3;1-3H,4H2;1-4H;;2*1H3. The summed E-state index contributed by atoms with van der Waals surface area (Å²) in [5.74, 6) is -0.621. The van der Waals surface area contributed by atoms with Crippen molar-refractivity contribution in [2.45, 2.75) is 76.3 Å². The molecule has 9 N–H and O–H groups in total. The van der Waals surface area contributed by atoms with E-state index in [0.717, 1.165) is 116 Å². The van der Waals surface area contributed by atoms with E-state index in [1.807, 2.05) is 124 Å². The number of hydrogen-bond donors (Lipinski definition) is 6. The van der Waals surface area contributed by atoms with Gasteiger partial charge in [0.15, 0.2) is 0 Å². The first kappa shape index (κ1) is 95.2. The monoisotopic (exact) mass is 1660 g/mol. The topological polar surface area (TPSA) is 410 Å². The minimum atomic E-state index is -0.939. The van der Waals surface area contributed by atoms with Gasteiger partial charge in [-0.2, -0.15) is 33.0 Å². The van der Waals surface area contributed by atoms with Gasteiger partial charge in [0.25, 0.3) is 0 Å². The molecule has 0 amide bonds. The average Bonchev–Trinajstić information content (AvgIpc) is 1.66. The van der Waals surface area contributed by atoms with Crippen molar-refractivity contribution in [3.05, 3.63) is 280 Å². The van der Waals surface area contributed by atoms with Crippen molar-refractivity contribution in [1.82, 2.24) is 19.1 Å². The molecule has 11 rings (SSSR count). The number of nitrogen functional groups attached to an aromatic ring is 3. The van der Waals surface area contributed by atoms with Gasteiger partial charge in [0.2, 0.25) is 29.3 Å². The lowest BCUT2D eigenvalue weighted by molar-refractivity contribution is -0.387. The highest BCUT2D eigenvalue weighted by molar-refractivity contribution is 9.08. The minimum absolute atomic E-state index is 0. The number of carbonyl (C=O) groups is 4. The number of aryl methyl sites for hydroxylation is 4. The Morgan fingerprint density at radius 1 is 0.504 bits per heavy atom. The van der Waals surface area contributed by atoms with E-state index in [0.29, 0.717) is 79.2 Å². The van der Waals surface area contributed by atoms with E-state index >= 15 is 0 Å². The summed E-state index contributed by atoms with van der Waals surface area (Å²) in [7, 11) is 7.59. The predicted molar refractivity (Wildman–Crippen MR) is 441 cm³/mol. The Morgan fingerprint density at radius 3 is 1.27 bits per heavy atom. The second-order valence-electron chi connectivity index (χ2n) is 23.8. The number of halogens is 4. The maximum Gasteiger partial charge on any atom is 0.305 e. The molecule has 0 saturated carbocycles. The summed E-state index contributed by atoms with van der Waals surface area (Å²) < 4.78 is 66.8. The summed E-state index contributed by atoms with van der Waals surface area (Å²) in [6, 6.07) is 51.7. The molecule has 597 valence electrons. The Morgan fingerprint density at radius 2 is 0.867 bits per heavy atom. The molecule has 2 heterocycles. The van der Waals surface area contributed by atoms with Gasteiger partial charge in [0, 0.05) is 69.9 Å². The van der Waals surface area contributed by atoms with Crippen LogP contribution in [0.3, 0.4) is 0 Å². The number of nitrogens with two attached hydrogens (primary N) is 3. The molecule has 0 fully saturated rings. The van der Waals surface area contributed by atoms with E-state index in [2.05, 4.69) is 52.8 Å². The van der Waals surface area contributed by atoms with E-state index in [1.165, 1.54) is 44.0 Å². The van der Waals surface area contributed by atoms with Crippen molar-refractivity contribution in [3.8, 4) is 17.2 Å². The maximum atomic E-state index is 13.0. The van der Waals surface area contributed by atoms with Crippen molar-refractivity contribution in [2.24, 2.45) is 0 Å². The third kappa shape index (κ3) is 30.3. The highest BCUT2D eigenvalue weighted by Gasteiger charge is 2.18. The van der Waals surface area contributed by atoms with Gasteiger partial charge in [-0.1, -0.05) is 82.7 Å². The molecule has 28 nitrogen and oxygen atoms in total. The van der Waals surface area contributed by atoms with Gasteiger partial charge in [-0.05, 0) is 174 Å². The van der Waals surface area contributed by atoms with Gasteiger partial charge < -0.3 is 65.5 Å². The summed E-state index contributed by atoms with van der Waals surface area (Å²) in [5, 5.41) is 52.3. The number of nitrogens with one attached hydrogen (secondary N) is 1. The SMILES string of the molecule is COC(=O)CCc1ccc(F)c([N+](=O)[O-])c1.COC(=O)CCc1ccc(NCc2ccc(OC)cc2)c(N)c1.COc1ccc(Cn2c(N)nc3cc(CCC(=O)O)ccc32)cc1.COc1ccc(Cn2c(N)nc3cc(CCCO)ccc32)cc1.O=Cc1ccc(F)c([N+](=O)[O-])c1.O=[N+]([O-])c1cc(CBr)ccc1F.P.P.[B]. The van der Waals surface area contributed by atoms with E-state index in [4.69, 9.17) is 41.6 Å². The Kier molecular flexibility index (Phi) is 40.9. The number of carbonyl (C=O) groups excluding carboxylic acids is 3. The lowest BCUT2D eigenvalue weighted by atomic mass is 10.1. The number of aliphatic hydroxyl groups is 1. The molecule has 2 atom stereocenters. The lowest BCUT2D eigenvalue weighted by Gasteiger charge is -2.11. The fraction of sp³-hybridized carbons (Fsp3) is 0.231. The Labute approximate surface area is 665 Å². The number of aromatic nitrogens is 4. The number of ether oxygens (including phenoxy) is 5. The second kappa shape index (κ2) is 48.6. The van der Waals surface area contributed by atoms with Crippen LogP contribution in [0.15, 0.2) is 182 Å². The van der Waals surface area contributed by atoms with Crippen LogP contribution in [0.4, 0.5) is 53.5 Å². The number of carboxylic acid groups (broad SMARTS) is 1. The highest BCUT2D eigenvalue weighted by Crippen LogP contribution is 2.28. The number of hydrogen-bond acceptors (Lipinski definition) is 22. The van der Waals surface area contributed by atoms with Gasteiger partial charge >= 0.3 is 35.0 Å². The second-order valence-corrected chi connectivity index (χ2v) is 24.3. The zero-order valence-corrected chi connectivity index (χ0v) is 66.9. The van der Waals surface area contributed by atoms with Crippen LogP contribution in [0.2, 0.25) is 0 Å². The Bertz CT molecular complexity index is 4960. The third-order valence-corrected chi connectivity index (χ3v) is 16.9. The minimum Gasteiger partial charge on any atom is -0.497 e. The molecular weight excluding hydrogens is 1570 g/mol. The number of anilines is 4. The Hall–Kier alpha value is -12.0. The van der Waals surface area contributed by atoms with Crippen molar-refractivity contribution >= 4 is 131 Å². The fourth-order valence-electron chi connectivity index (χ4n) is 10.3. The molecule has 2 unspecified atom stereocenters. The van der Waals surface area contributed by atoms with Gasteiger partial charge in [-0.25, -0.2) is 9.97 Å². The number of nitrogens with zero attached hydrogens (tertiary/aromatic N) is 7. The van der Waals surface area contributed by atoms with Crippen molar-refractivity contribution < 1.29 is 81.0 Å². The number of aliphatic hydroxyl groups excluding tert-OH is 1. The first-order valence-electron chi connectivity index (χ1n) is 33.5. The number of rotatable bonds is 27. The molecule has 0 bridgehead atoms. The van der Waals surface area contributed by atoms with Gasteiger partial charge in [0.1, 0.15) is 23.5 Å². The van der Waals surface area contributed by atoms with E-state index in [9.17, 15) is 62.7 Å². The number of fused-ring (bicyclic) bond motifs is 2. The molecule has 0 aliphatic rings. The van der Waals surface area contributed by atoms with Crippen LogP contribution in [0.25, 0.3) is 22.1 Å². The van der Waals surface area contributed by atoms with E-state index < -0.39 is 61.2 Å². The van der Waals surface area contributed by atoms with Crippen molar-refractivity contribution in [1.29, 1.82) is 0 Å². The van der Waals surface area contributed by atoms with Crippen LogP contribution in [-0.2, 0) is 74.5 Å². The number of alkyl halides is 1. The van der Waals surface area contributed by atoms with Gasteiger partial charge in [-0.15, -0.1) is 0 Å². The van der Waals surface area contributed by atoms with Gasteiger partial charge in [0.05, 0.1) is 96.9 Å². The van der Waals surface area contributed by atoms with Gasteiger partial charge in [-0.3, -0.25) is 49.5 Å². The summed E-state index contributed by atoms with van der Waals surface area (Å²) in [4.78, 5) is 80.1. The van der Waals surface area contributed by atoms with Crippen LogP contribution in [0.5, 0.6) is 17.2 Å². The summed E-state index contributed by atoms with van der Waals surface area (Å²) in [6.07, 6.45) is 3.99. The maximum absolute atomic E-state index is 13.0. The van der Waals surface area contributed by atoms with Crippen LogP contribution in [0, 0.1) is 47.8 Å². The molecule has 35 heteroatoms. The third-order valence-electron chi connectivity index (χ3n) is 16.3. The molecule has 0 aliphatic carbocycles. The number of nitro groups is 3. The molecule has 11 aromatic rings. The molecular formula is C78H87BBrF3N11O17P2. The molecule has 0 aliphatic heterocycles. The van der Waals surface area contributed by atoms with Crippen LogP contribution in [0.1, 0.15) is 80.5 Å². The number of esters is 2. The van der Waals surface area contributed by atoms with Crippen molar-refractivity contribution in [2.75, 3.05) is 64.7 Å². The molecule has 0 spiro atoms. The Balaban J connectivity index is 0.000000356. The summed E-state index contributed by atoms with van der Waals surface area (Å²) in [6.45, 7) is 2.16. The first-order chi connectivity index (χ1) is 52.7. The molecule has 3 radical (unpaired) electrons. The summed E-state index contributed by atoms with van der Waals surface area (Å²) in [5.41, 5.74) is 29.5. The van der Waals surface area contributed by atoms with E-state index in [-0.39, 0.29) is 65.6 Å². The highest BCUT2D eigenvalue weighted by atomic mass is 79.9. The predicted octanol–water partition coefficient (Wildman–Crippen LogP) is 14.0. The summed E-state index contributed by atoms with van der Waals surface area (Å²) >= 11 is 3.12. The van der Waals surface area contributed by atoms with Crippen molar-refractivity contribution in [3.63, 3.8) is 0 Å². The number of nitro benzene ring substituents is 3. The molecule has 2 aromatic heterocycles. The molecule has 0 saturated heterocycles. The number of methoxy groups -OCH3 is 5. The van der Waals surface area contributed by atoms with Crippen LogP contribution in [-0.4, -0.2) is 119 Å². The van der Waals surface area contributed by atoms with E-state index in [1.54, 1.807) is 21.3 Å².